The van der Waals surface area contributed by atoms with E-state index in [4.69, 9.17) is 28.9 Å². The Morgan fingerprint density at radius 1 is 0.972 bits per heavy atom. The number of hydrogen-bond acceptors (Lipinski definition) is 5. The topological polar surface area (TPSA) is 113 Å². The van der Waals surface area contributed by atoms with Gasteiger partial charge in [0.05, 0.1) is 14.9 Å². The van der Waals surface area contributed by atoms with Crippen LogP contribution >= 0.6 is 23.2 Å². The van der Waals surface area contributed by atoms with Crippen molar-refractivity contribution in [1.82, 2.24) is 14.5 Å². The van der Waals surface area contributed by atoms with Gasteiger partial charge in [-0.05, 0) is 62.6 Å². The third-order valence-electron chi connectivity index (χ3n) is 7.76. The van der Waals surface area contributed by atoms with Crippen LogP contribution in [-0.2, 0) is 19.6 Å². The van der Waals surface area contributed by atoms with Crippen LogP contribution in [0.25, 0.3) is 0 Å². The number of halogens is 2. The molecule has 2 saturated carbocycles. The van der Waals surface area contributed by atoms with Crippen molar-refractivity contribution < 1.29 is 18.0 Å². The lowest BCUT2D eigenvalue weighted by Gasteiger charge is -2.42. The molecule has 0 spiro atoms. The summed E-state index contributed by atoms with van der Waals surface area (Å²) < 4.78 is 28.6. The Hall–Kier alpha value is -1.39. The maximum Gasteiger partial charge on any atom is 0.259 e. The van der Waals surface area contributed by atoms with Gasteiger partial charge in [0.25, 0.3) is 5.91 Å². The zero-order valence-corrected chi connectivity index (χ0v) is 22.8. The Bertz CT molecular complexity index is 1060. The molecule has 3 fully saturated rings. The fraction of sp³-hybridized carbons (Fsp3) is 0.680. The van der Waals surface area contributed by atoms with E-state index in [9.17, 15) is 18.0 Å². The fourth-order valence-electron chi connectivity index (χ4n) is 5.66. The lowest BCUT2D eigenvalue weighted by Crippen LogP contribution is -2.64. The number of carbonyl (C=O) groups excluding carboxylic acids is 2. The minimum absolute atomic E-state index is 0.0569. The molecule has 0 aromatic heterocycles. The van der Waals surface area contributed by atoms with E-state index in [-0.39, 0.29) is 39.5 Å². The molecule has 0 radical (unpaired) electrons. The molecule has 1 atom stereocenters. The second-order valence-electron chi connectivity index (χ2n) is 10.3. The minimum atomic E-state index is -4.13. The van der Waals surface area contributed by atoms with Crippen LogP contribution < -0.4 is 11.1 Å². The molecule has 3 aliphatic rings. The van der Waals surface area contributed by atoms with Crippen LogP contribution in [0.15, 0.2) is 23.1 Å². The molecule has 1 saturated heterocycles. The second kappa shape index (κ2) is 12.0. The first kappa shape index (κ1) is 27.6. The van der Waals surface area contributed by atoms with Crippen molar-refractivity contribution in [3.05, 3.63) is 28.2 Å². The molecular formula is C25H36Cl2N4O4S. The van der Waals surface area contributed by atoms with E-state index in [2.05, 4.69) is 5.32 Å². The zero-order valence-electron chi connectivity index (χ0n) is 20.5. The van der Waals surface area contributed by atoms with Crippen LogP contribution in [-0.4, -0.2) is 60.8 Å². The van der Waals surface area contributed by atoms with Gasteiger partial charge >= 0.3 is 0 Å². The number of amides is 2. The van der Waals surface area contributed by atoms with Gasteiger partial charge in [-0.25, -0.2) is 8.42 Å². The van der Waals surface area contributed by atoms with Gasteiger partial charge in [-0.3, -0.25) is 9.59 Å². The molecule has 1 heterocycles. The number of nitrogens with two attached hydrogens (primary N) is 1. The monoisotopic (exact) mass is 558 g/mol. The molecule has 3 N–H and O–H groups in total. The molecule has 1 aliphatic heterocycles. The highest BCUT2D eigenvalue weighted by Crippen LogP contribution is 2.32. The predicted octanol–water partition coefficient (Wildman–Crippen LogP) is 3.90. The molecule has 8 nitrogen and oxygen atoms in total. The first-order valence-corrected chi connectivity index (χ1v) is 15.2. The number of nitrogens with one attached hydrogen (secondary N) is 1. The van der Waals surface area contributed by atoms with Gasteiger partial charge in [0.15, 0.2) is 6.17 Å². The number of sulfonamides is 1. The highest BCUT2D eigenvalue weighted by molar-refractivity contribution is 7.89. The van der Waals surface area contributed by atoms with Gasteiger partial charge in [0, 0.05) is 31.6 Å². The van der Waals surface area contributed by atoms with E-state index < -0.39 is 22.1 Å². The molecule has 36 heavy (non-hydrogen) atoms. The van der Waals surface area contributed by atoms with E-state index in [1.165, 1.54) is 35.9 Å². The van der Waals surface area contributed by atoms with Crippen LogP contribution in [0.3, 0.4) is 0 Å². The van der Waals surface area contributed by atoms with Gasteiger partial charge in [0.2, 0.25) is 15.9 Å². The van der Waals surface area contributed by atoms with E-state index >= 15 is 0 Å². The van der Waals surface area contributed by atoms with Crippen LogP contribution in [0.2, 0.25) is 10.0 Å². The maximum absolute atomic E-state index is 13.7. The molecule has 2 aliphatic carbocycles. The quantitative estimate of drug-likeness (QED) is 0.526. The van der Waals surface area contributed by atoms with Gasteiger partial charge in [0.1, 0.15) is 0 Å². The maximum atomic E-state index is 13.7. The summed E-state index contributed by atoms with van der Waals surface area (Å²) in [7, 11) is -4.13. The third-order valence-corrected chi connectivity index (χ3v) is 10.3. The molecule has 4 rings (SSSR count). The Morgan fingerprint density at radius 2 is 1.67 bits per heavy atom. The van der Waals surface area contributed by atoms with Crippen LogP contribution in [0, 0.1) is 5.92 Å². The summed E-state index contributed by atoms with van der Waals surface area (Å²) in [4.78, 5) is 28.4. The van der Waals surface area contributed by atoms with E-state index in [0.717, 1.165) is 49.3 Å². The molecule has 0 bridgehead atoms. The van der Waals surface area contributed by atoms with Crippen molar-refractivity contribution in [3.8, 4) is 0 Å². The second-order valence-corrected chi connectivity index (χ2v) is 13.0. The minimum Gasteiger partial charge on any atom is -0.350 e. The van der Waals surface area contributed by atoms with Gasteiger partial charge < -0.3 is 16.0 Å². The van der Waals surface area contributed by atoms with Crippen molar-refractivity contribution >= 4 is 45.0 Å². The first-order chi connectivity index (χ1) is 17.2. The number of rotatable bonds is 7. The van der Waals surface area contributed by atoms with Crippen molar-refractivity contribution in [3.63, 3.8) is 0 Å². The lowest BCUT2D eigenvalue weighted by atomic mass is 9.92. The Balaban J connectivity index is 1.59. The van der Waals surface area contributed by atoms with Crippen LogP contribution in [0.1, 0.15) is 70.6 Å². The highest BCUT2D eigenvalue weighted by atomic mass is 35.5. The summed E-state index contributed by atoms with van der Waals surface area (Å²) in [5.41, 5.74) is 6.01. The standard InChI is InChI=1S/C25H36Cl2N4O4S/c26-21-12-11-20(16-22(21)27)36(34,35)31-15-3-14-30(23(32)13-6-17-4-1-2-5-17)25(31)24(33)29-19-9-7-18(28)8-10-19/h11-12,16-19,25H,1-10,13-15,28H2,(H,29,33). The lowest BCUT2D eigenvalue weighted by molar-refractivity contribution is -0.148. The Labute approximate surface area is 223 Å². The van der Waals surface area contributed by atoms with Gasteiger partial charge in [-0.1, -0.05) is 48.9 Å². The summed E-state index contributed by atoms with van der Waals surface area (Å²) in [6.45, 7) is 0.465. The van der Waals surface area contributed by atoms with Gasteiger partial charge in [-0.2, -0.15) is 4.31 Å². The zero-order chi connectivity index (χ0) is 25.9. The summed E-state index contributed by atoms with van der Waals surface area (Å²) in [6, 6.07) is 4.11. The Kier molecular flexibility index (Phi) is 9.20. The van der Waals surface area contributed by atoms with Crippen LogP contribution in [0.4, 0.5) is 0 Å². The Morgan fingerprint density at radius 3 is 2.33 bits per heavy atom. The average Bonchev–Trinajstić information content (AvgIpc) is 3.39. The molecule has 200 valence electrons. The van der Waals surface area contributed by atoms with Gasteiger partial charge in [-0.15, -0.1) is 0 Å². The average molecular weight is 560 g/mol. The largest absolute Gasteiger partial charge is 0.350 e. The first-order valence-electron chi connectivity index (χ1n) is 13.0. The normalized spacial score (nSPS) is 26.2. The summed E-state index contributed by atoms with van der Waals surface area (Å²) >= 11 is 12.1. The number of benzene rings is 1. The molecule has 1 unspecified atom stereocenters. The smallest absolute Gasteiger partial charge is 0.259 e. The third kappa shape index (κ3) is 6.35. The summed E-state index contributed by atoms with van der Waals surface area (Å²) in [5, 5.41) is 3.37. The molecule has 1 aromatic rings. The number of nitrogens with zero attached hydrogens (tertiary/aromatic N) is 2. The van der Waals surface area contributed by atoms with E-state index in [1.54, 1.807) is 0 Å². The number of carbonyl (C=O) groups is 2. The van der Waals surface area contributed by atoms with Crippen molar-refractivity contribution in [2.24, 2.45) is 11.7 Å². The molecule has 11 heteroatoms. The summed E-state index contributed by atoms with van der Waals surface area (Å²) in [6.07, 6.45) is 7.96. The van der Waals surface area contributed by atoms with Crippen molar-refractivity contribution in [2.45, 2.75) is 93.8 Å². The van der Waals surface area contributed by atoms with Crippen LogP contribution in [0.5, 0.6) is 0 Å². The fourth-order valence-corrected chi connectivity index (χ4v) is 7.65. The highest BCUT2D eigenvalue weighted by Gasteiger charge is 2.44. The molecule has 2 amide bonds. The van der Waals surface area contributed by atoms with E-state index in [1.807, 2.05) is 0 Å². The molecular weight excluding hydrogens is 523 g/mol. The SMILES string of the molecule is NC1CCC(NC(=O)C2N(C(=O)CCC3CCCC3)CCCN2S(=O)(=O)c2ccc(Cl)c(Cl)c2)CC1. The van der Waals surface area contributed by atoms with Crippen molar-refractivity contribution in [2.75, 3.05) is 13.1 Å². The predicted molar refractivity (Wildman–Crippen MR) is 140 cm³/mol. The number of hydrogen-bond donors (Lipinski definition) is 2. The summed E-state index contributed by atoms with van der Waals surface area (Å²) in [5.74, 6) is -0.122. The van der Waals surface area contributed by atoms with Crippen molar-refractivity contribution in [1.29, 1.82) is 0 Å². The van der Waals surface area contributed by atoms with E-state index in [0.29, 0.717) is 25.3 Å². The molecule has 1 aromatic carbocycles.